The van der Waals surface area contributed by atoms with E-state index >= 15 is 0 Å². The Kier molecular flexibility index (Phi) is 6.20. The number of ether oxygens (including phenoxy) is 1. The van der Waals surface area contributed by atoms with Crippen LogP contribution in [0.3, 0.4) is 0 Å². The molecule has 0 aliphatic carbocycles. The number of rotatable bonds is 7. The van der Waals surface area contributed by atoms with Gasteiger partial charge in [0.25, 0.3) is 5.91 Å². The fourth-order valence-corrected chi connectivity index (χ4v) is 3.11. The first-order valence-corrected chi connectivity index (χ1v) is 10.1. The SMILES string of the molecule is CCOc1ccc(C(=O)N[C@H](CC)c2ccc(S(C)(=O)=O)cc2)cc1. The summed E-state index contributed by atoms with van der Waals surface area (Å²) in [6.45, 7) is 4.45. The van der Waals surface area contributed by atoms with Crippen LogP contribution in [0.2, 0.25) is 0 Å². The van der Waals surface area contributed by atoms with Crippen molar-refractivity contribution < 1.29 is 17.9 Å². The number of nitrogens with one attached hydrogen (secondary N) is 1. The average molecular weight is 361 g/mol. The van der Waals surface area contributed by atoms with E-state index in [1.54, 1.807) is 48.5 Å². The van der Waals surface area contributed by atoms with Crippen molar-refractivity contribution in [2.45, 2.75) is 31.2 Å². The van der Waals surface area contributed by atoms with Gasteiger partial charge in [-0.1, -0.05) is 19.1 Å². The molecule has 1 amide bonds. The van der Waals surface area contributed by atoms with Crippen molar-refractivity contribution in [1.82, 2.24) is 5.32 Å². The number of sulfone groups is 1. The molecule has 0 aliphatic rings. The van der Waals surface area contributed by atoms with Gasteiger partial charge in [-0.05, 0) is 55.3 Å². The maximum atomic E-state index is 12.4. The second kappa shape index (κ2) is 8.16. The first-order chi connectivity index (χ1) is 11.8. The normalized spacial score (nSPS) is 12.4. The molecule has 0 saturated heterocycles. The zero-order chi connectivity index (χ0) is 18.4. The van der Waals surface area contributed by atoms with Crippen molar-refractivity contribution in [3.63, 3.8) is 0 Å². The Morgan fingerprint density at radius 3 is 2.12 bits per heavy atom. The van der Waals surface area contributed by atoms with Gasteiger partial charge in [-0.25, -0.2) is 8.42 Å². The van der Waals surface area contributed by atoms with Crippen LogP contribution in [-0.4, -0.2) is 27.2 Å². The molecule has 0 unspecified atom stereocenters. The summed E-state index contributed by atoms with van der Waals surface area (Å²) in [6.07, 6.45) is 1.87. The standard InChI is InChI=1S/C19H23NO4S/c1-4-18(14-8-12-17(13-9-14)25(3,22)23)20-19(21)15-6-10-16(11-7-15)24-5-2/h6-13,18H,4-5H2,1-3H3,(H,20,21)/t18-/m1/s1. The molecular formula is C19H23NO4S. The predicted molar refractivity (Wildman–Crippen MR) is 97.7 cm³/mol. The van der Waals surface area contributed by atoms with E-state index in [0.717, 1.165) is 11.3 Å². The van der Waals surface area contributed by atoms with E-state index in [2.05, 4.69) is 5.32 Å². The van der Waals surface area contributed by atoms with Crippen LogP contribution < -0.4 is 10.1 Å². The summed E-state index contributed by atoms with van der Waals surface area (Å²) in [5.74, 6) is 0.546. The highest BCUT2D eigenvalue weighted by atomic mass is 32.2. The van der Waals surface area contributed by atoms with Crippen LogP contribution in [0.5, 0.6) is 5.75 Å². The monoisotopic (exact) mass is 361 g/mol. The summed E-state index contributed by atoms with van der Waals surface area (Å²) in [6, 6.07) is 13.4. The number of amides is 1. The summed E-state index contributed by atoms with van der Waals surface area (Å²) < 4.78 is 28.5. The Hall–Kier alpha value is -2.34. The van der Waals surface area contributed by atoms with Gasteiger partial charge in [-0.2, -0.15) is 0 Å². The molecular weight excluding hydrogens is 338 g/mol. The van der Waals surface area contributed by atoms with E-state index in [1.807, 2.05) is 13.8 Å². The number of benzene rings is 2. The molecule has 2 aromatic rings. The fraction of sp³-hybridized carbons (Fsp3) is 0.316. The first kappa shape index (κ1) is 19.0. The minimum atomic E-state index is -3.23. The second-order valence-corrected chi connectivity index (χ2v) is 7.75. The van der Waals surface area contributed by atoms with Crippen molar-refractivity contribution in [2.75, 3.05) is 12.9 Å². The first-order valence-electron chi connectivity index (χ1n) is 8.19. The summed E-state index contributed by atoms with van der Waals surface area (Å²) in [7, 11) is -3.23. The van der Waals surface area contributed by atoms with Crippen molar-refractivity contribution in [2.24, 2.45) is 0 Å². The third kappa shape index (κ3) is 5.06. The van der Waals surface area contributed by atoms with Crippen LogP contribution >= 0.6 is 0 Å². The van der Waals surface area contributed by atoms with Crippen molar-refractivity contribution in [1.29, 1.82) is 0 Å². The molecule has 6 heteroatoms. The Bertz CT molecular complexity index is 812. The van der Waals surface area contributed by atoms with Crippen molar-refractivity contribution in [3.8, 4) is 5.75 Å². The zero-order valence-corrected chi connectivity index (χ0v) is 15.5. The smallest absolute Gasteiger partial charge is 0.251 e. The summed E-state index contributed by atoms with van der Waals surface area (Å²) in [4.78, 5) is 12.7. The molecule has 0 fully saturated rings. The molecule has 1 N–H and O–H groups in total. The minimum Gasteiger partial charge on any atom is -0.494 e. The number of carbonyl (C=O) groups is 1. The summed E-state index contributed by atoms with van der Waals surface area (Å²) in [5.41, 5.74) is 1.42. The maximum absolute atomic E-state index is 12.4. The molecule has 0 spiro atoms. The van der Waals surface area contributed by atoms with Crippen LogP contribution in [0.1, 0.15) is 42.2 Å². The third-order valence-electron chi connectivity index (χ3n) is 3.85. The van der Waals surface area contributed by atoms with E-state index in [1.165, 1.54) is 6.26 Å². The molecule has 0 bridgehead atoms. The topological polar surface area (TPSA) is 72.5 Å². The lowest BCUT2D eigenvalue weighted by molar-refractivity contribution is 0.0935. The zero-order valence-electron chi connectivity index (χ0n) is 14.7. The highest BCUT2D eigenvalue weighted by molar-refractivity contribution is 7.90. The van der Waals surface area contributed by atoms with E-state index < -0.39 is 9.84 Å². The molecule has 134 valence electrons. The van der Waals surface area contributed by atoms with Crippen LogP contribution in [0.25, 0.3) is 0 Å². The third-order valence-corrected chi connectivity index (χ3v) is 4.98. The molecule has 1 atom stereocenters. The molecule has 2 rings (SSSR count). The molecule has 0 aromatic heterocycles. The highest BCUT2D eigenvalue weighted by Gasteiger charge is 2.15. The number of hydrogen-bond donors (Lipinski definition) is 1. The van der Waals surface area contributed by atoms with Gasteiger partial charge in [0.2, 0.25) is 0 Å². The summed E-state index contributed by atoms with van der Waals surface area (Å²) in [5, 5.41) is 2.98. The van der Waals surface area contributed by atoms with Gasteiger partial charge in [0.15, 0.2) is 9.84 Å². The van der Waals surface area contributed by atoms with Gasteiger partial charge in [0.1, 0.15) is 5.75 Å². The van der Waals surface area contributed by atoms with Gasteiger partial charge in [0, 0.05) is 11.8 Å². The molecule has 0 saturated carbocycles. The lowest BCUT2D eigenvalue weighted by Crippen LogP contribution is -2.28. The Balaban J connectivity index is 2.11. The Morgan fingerprint density at radius 1 is 1.04 bits per heavy atom. The van der Waals surface area contributed by atoms with Gasteiger partial charge in [-0.15, -0.1) is 0 Å². The van der Waals surface area contributed by atoms with E-state index in [4.69, 9.17) is 4.74 Å². The van der Waals surface area contributed by atoms with Gasteiger partial charge < -0.3 is 10.1 Å². The Morgan fingerprint density at radius 2 is 1.64 bits per heavy atom. The lowest BCUT2D eigenvalue weighted by atomic mass is 10.0. The number of carbonyl (C=O) groups excluding carboxylic acids is 1. The van der Waals surface area contributed by atoms with E-state index in [-0.39, 0.29) is 16.8 Å². The van der Waals surface area contributed by atoms with Crippen molar-refractivity contribution >= 4 is 15.7 Å². The fourth-order valence-electron chi connectivity index (χ4n) is 2.48. The summed E-state index contributed by atoms with van der Waals surface area (Å²) >= 11 is 0. The van der Waals surface area contributed by atoms with Gasteiger partial charge >= 0.3 is 0 Å². The minimum absolute atomic E-state index is 0.179. The van der Waals surface area contributed by atoms with E-state index in [0.29, 0.717) is 18.6 Å². The molecule has 0 aliphatic heterocycles. The van der Waals surface area contributed by atoms with Crippen LogP contribution in [-0.2, 0) is 9.84 Å². The molecule has 5 nitrogen and oxygen atoms in total. The highest BCUT2D eigenvalue weighted by Crippen LogP contribution is 2.20. The van der Waals surface area contributed by atoms with Crippen molar-refractivity contribution in [3.05, 3.63) is 59.7 Å². The molecule has 25 heavy (non-hydrogen) atoms. The average Bonchev–Trinajstić information content (AvgIpc) is 2.60. The van der Waals surface area contributed by atoms with E-state index in [9.17, 15) is 13.2 Å². The van der Waals surface area contributed by atoms with Crippen LogP contribution in [0.15, 0.2) is 53.4 Å². The molecule has 0 radical (unpaired) electrons. The molecule has 2 aromatic carbocycles. The lowest BCUT2D eigenvalue weighted by Gasteiger charge is -2.18. The molecule has 0 heterocycles. The quantitative estimate of drug-likeness (QED) is 0.821. The van der Waals surface area contributed by atoms with Gasteiger partial charge in [-0.3, -0.25) is 4.79 Å². The largest absolute Gasteiger partial charge is 0.494 e. The second-order valence-electron chi connectivity index (χ2n) is 5.73. The predicted octanol–water partition coefficient (Wildman–Crippen LogP) is 3.37. The Labute approximate surface area is 148 Å². The maximum Gasteiger partial charge on any atom is 0.251 e. The van der Waals surface area contributed by atoms with Crippen LogP contribution in [0, 0.1) is 0 Å². The van der Waals surface area contributed by atoms with Crippen LogP contribution in [0.4, 0.5) is 0 Å². The van der Waals surface area contributed by atoms with Gasteiger partial charge in [0.05, 0.1) is 17.5 Å². The number of hydrogen-bond acceptors (Lipinski definition) is 4.